The van der Waals surface area contributed by atoms with Gasteiger partial charge in [0.05, 0.1) is 17.2 Å². The average Bonchev–Trinajstić information content (AvgIpc) is 3.62. The van der Waals surface area contributed by atoms with Crippen LogP contribution in [0.1, 0.15) is 95.7 Å². The van der Waals surface area contributed by atoms with Crippen molar-refractivity contribution in [2.75, 3.05) is 31.1 Å². The van der Waals surface area contributed by atoms with Crippen molar-refractivity contribution in [3.05, 3.63) is 92.9 Å². The fourth-order valence-electron chi connectivity index (χ4n) is 10.6. The average molecular weight is 814 g/mol. The molecule has 3 saturated heterocycles. The molecule has 0 bridgehead atoms. The Kier molecular flexibility index (Phi) is 9.33. The van der Waals surface area contributed by atoms with Crippen molar-refractivity contribution < 1.29 is 28.7 Å². The van der Waals surface area contributed by atoms with Crippen molar-refractivity contribution in [2.24, 2.45) is 16.7 Å². The highest BCUT2D eigenvalue weighted by atomic mass is 35.5. The first-order chi connectivity index (χ1) is 28.1. The SMILES string of the molecule is [C-]#[N+]c1ccc(OC2C(C)(C)C(N3Cc4cc(C#CC5CCN(C6CN(c7ccc8c(n7)C(=O)N(C7CCC(=O)NC7=O)C8=O)C6)CC5)ccc4C3=O)C2(C)C)cc1Cl. The predicted molar refractivity (Wildman–Crippen MR) is 218 cm³/mol. The van der Waals surface area contributed by atoms with Crippen LogP contribution in [0, 0.1) is 35.2 Å². The number of nitrogens with zero attached hydrogens (tertiary/aromatic N) is 6. The number of pyridine rings is 1. The van der Waals surface area contributed by atoms with Gasteiger partial charge in [0.15, 0.2) is 0 Å². The Morgan fingerprint density at radius 3 is 2.32 bits per heavy atom. The van der Waals surface area contributed by atoms with Crippen molar-refractivity contribution in [3.8, 4) is 17.6 Å². The number of rotatable bonds is 6. The molecule has 0 spiro atoms. The summed E-state index contributed by atoms with van der Waals surface area (Å²) in [6.07, 6.45) is 1.90. The van der Waals surface area contributed by atoms with Crippen LogP contribution in [-0.2, 0) is 16.1 Å². The maximum atomic E-state index is 13.8. The van der Waals surface area contributed by atoms with Gasteiger partial charge in [0, 0.05) is 66.0 Å². The summed E-state index contributed by atoms with van der Waals surface area (Å²) in [5.41, 5.74) is 2.54. The van der Waals surface area contributed by atoms with Gasteiger partial charge in [0.25, 0.3) is 17.7 Å². The monoisotopic (exact) mass is 813 g/mol. The van der Waals surface area contributed by atoms with E-state index in [-0.39, 0.29) is 58.9 Å². The second-order valence-electron chi connectivity index (χ2n) is 17.7. The molecule has 0 radical (unpaired) electrons. The molecule has 6 heterocycles. The van der Waals surface area contributed by atoms with Crippen molar-refractivity contribution in [2.45, 2.75) is 84.2 Å². The van der Waals surface area contributed by atoms with Gasteiger partial charge < -0.3 is 14.5 Å². The smallest absolute Gasteiger partial charge is 0.281 e. The number of piperidine rings is 2. The molecule has 1 aromatic heterocycles. The highest BCUT2D eigenvalue weighted by Gasteiger charge is 2.67. The van der Waals surface area contributed by atoms with Crippen LogP contribution in [0.2, 0.25) is 5.02 Å². The number of fused-ring (bicyclic) bond motifs is 2. The third-order valence-corrected chi connectivity index (χ3v) is 13.5. The molecular formula is C45H44ClN7O6. The number of imide groups is 2. The second-order valence-corrected chi connectivity index (χ2v) is 18.1. The topological polar surface area (TPSA) is 137 Å². The Bertz CT molecular complexity index is 2440. The number of nitrogens with one attached hydrogen (secondary N) is 1. The Morgan fingerprint density at radius 2 is 1.63 bits per heavy atom. The Morgan fingerprint density at radius 1 is 0.898 bits per heavy atom. The number of likely N-dealkylation sites (tertiary alicyclic amines) is 1. The first kappa shape index (κ1) is 38.7. The minimum Gasteiger partial charge on any atom is -0.489 e. The molecule has 5 amide bonds. The molecule has 3 aromatic rings. The molecule has 14 heteroatoms. The van der Waals surface area contributed by atoms with E-state index in [0.29, 0.717) is 34.9 Å². The highest BCUT2D eigenvalue weighted by molar-refractivity contribution is 6.33. The number of carbonyl (C=O) groups excluding carboxylic acids is 5. The summed E-state index contributed by atoms with van der Waals surface area (Å²) in [6, 6.07) is 13.7. The molecule has 1 saturated carbocycles. The van der Waals surface area contributed by atoms with Gasteiger partial charge >= 0.3 is 0 Å². The van der Waals surface area contributed by atoms with E-state index >= 15 is 0 Å². The van der Waals surface area contributed by atoms with Crippen LogP contribution in [0.3, 0.4) is 0 Å². The lowest BCUT2D eigenvalue weighted by atomic mass is 9.49. The van der Waals surface area contributed by atoms with Gasteiger partial charge in [-0.1, -0.05) is 57.2 Å². The summed E-state index contributed by atoms with van der Waals surface area (Å²) in [5.74, 6) is 6.24. The summed E-state index contributed by atoms with van der Waals surface area (Å²) in [7, 11) is 0. The predicted octanol–water partition coefficient (Wildman–Crippen LogP) is 5.48. The van der Waals surface area contributed by atoms with Crippen molar-refractivity contribution >= 4 is 52.6 Å². The highest BCUT2D eigenvalue weighted by Crippen LogP contribution is 2.59. The lowest BCUT2D eigenvalue weighted by Crippen LogP contribution is -2.74. The van der Waals surface area contributed by atoms with Crippen LogP contribution >= 0.6 is 11.6 Å². The zero-order valence-corrected chi connectivity index (χ0v) is 34.1. The number of ether oxygens (including phenoxy) is 1. The van der Waals surface area contributed by atoms with E-state index in [4.69, 9.17) is 22.9 Å². The summed E-state index contributed by atoms with van der Waals surface area (Å²) < 4.78 is 6.48. The zero-order valence-electron chi connectivity index (χ0n) is 33.4. The van der Waals surface area contributed by atoms with E-state index in [0.717, 1.165) is 60.6 Å². The minimum absolute atomic E-state index is 0.0301. The van der Waals surface area contributed by atoms with Gasteiger partial charge in [-0.15, -0.1) is 0 Å². The van der Waals surface area contributed by atoms with Crippen LogP contribution < -0.4 is 15.0 Å². The number of anilines is 1. The molecule has 9 rings (SSSR count). The Balaban J connectivity index is 0.777. The number of halogens is 1. The summed E-state index contributed by atoms with van der Waals surface area (Å²) in [5, 5.41) is 2.58. The van der Waals surface area contributed by atoms with E-state index in [2.05, 4.69) is 70.5 Å². The lowest BCUT2D eigenvalue weighted by Gasteiger charge is -2.65. The van der Waals surface area contributed by atoms with Crippen LogP contribution in [0.5, 0.6) is 5.75 Å². The first-order valence-corrected chi connectivity index (χ1v) is 20.5. The quantitative estimate of drug-likeness (QED) is 0.195. The number of aromatic nitrogens is 1. The normalized spacial score (nSPS) is 25.1. The van der Waals surface area contributed by atoms with Gasteiger partial charge in [0.1, 0.15) is 29.4 Å². The third kappa shape index (κ3) is 6.43. The number of hydrogen-bond acceptors (Lipinski definition) is 9. The molecular weight excluding hydrogens is 770 g/mol. The standard InChI is InChI=1S/C45H44ClN7O6/c1-44(2)42(45(3,4)43(44)59-29-9-12-33(47-5)32(46)21-29)52-22-27-20-26(8-10-30(27)39(52)56)7-6-25-16-18-50(19-17-25)28-23-51(24-28)35-14-11-31-37(48-35)41(58)53(40(31)57)34-13-15-36(54)49-38(34)55/h8-12,14,20-21,25,28,34,42-43H,13,15-19,22-24H2,1-4H3,(H,49,54,55). The van der Waals surface area contributed by atoms with E-state index in [1.807, 2.05) is 17.0 Å². The third-order valence-electron chi connectivity index (χ3n) is 13.2. The van der Waals surface area contributed by atoms with Gasteiger partial charge in [0.2, 0.25) is 17.5 Å². The molecule has 59 heavy (non-hydrogen) atoms. The first-order valence-electron chi connectivity index (χ1n) is 20.2. The van der Waals surface area contributed by atoms with Crippen LogP contribution in [0.4, 0.5) is 11.5 Å². The van der Waals surface area contributed by atoms with Crippen LogP contribution in [0.25, 0.3) is 4.85 Å². The molecule has 1 atom stereocenters. The minimum atomic E-state index is -1.02. The summed E-state index contributed by atoms with van der Waals surface area (Å²) in [6.45, 7) is 19.7. The van der Waals surface area contributed by atoms with Crippen molar-refractivity contribution in [1.29, 1.82) is 0 Å². The van der Waals surface area contributed by atoms with E-state index in [1.54, 1.807) is 30.3 Å². The van der Waals surface area contributed by atoms with E-state index in [9.17, 15) is 24.0 Å². The van der Waals surface area contributed by atoms with E-state index in [1.165, 1.54) is 0 Å². The van der Waals surface area contributed by atoms with Gasteiger partial charge in [-0.3, -0.25) is 39.1 Å². The maximum absolute atomic E-state index is 13.8. The molecule has 6 aliphatic rings. The maximum Gasteiger partial charge on any atom is 0.281 e. The molecule has 2 aromatic carbocycles. The summed E-state index contributed by atoms with van der Waals surface area (Å²) >= 11 is 6.30. The fourth-order valence-corrected chi connectivity index (χ4v) is 10.8. The number of benzene rings is 2. The van der Waals surface area contributed by atoms with Gasteiger partial charge in [-0.25, -0.2) is 9.83 Å². The summed E-state index contributed by atoms with van der Waals surface area (Å²) in [4.78, 5) is 79.7. The van der Waals surface area contributed by atoms with Crippen LogP contribution in [-0.4, -0.2) is 99.6 Å². The molecule has 1 unspecified atom stereocenters. The molecule has 4 fully saturated rings. The van der Waals surface area contributed by atoms with Crippen molar-refractivity contribution in [1.82, 2.24) is 25.0 Å². The van der Waals surface area contributed by atoms with Crippen molar-refractivity contribution in [3.63, 3.8) is 0 Å². The Labute approximate surface area is 347 Å². The lowest BCUT2D eigenvalue weighted by molar-refractivity contribution is -0.199. The molecule has 13 nitrogen and oxygen atoms in total. The number of amides is 5. The van der Waals surface area contributed by atoms with Gasteiger partial charge in [-0.05, 0) is 80.4 Å². The molecule has 1 N–H and O–H groups in total. The number of carbonyl (C=O) groups is 5. The zero-order chi connectivity index (χ0) is 41.5. The second kappa shape index (κ2) is 14.2. The Hall–Kier alpha value is -5.76. The fraction of sp³-hybridized carbons (Fsp3) is 0.444. The van der Waals surface area contributed by atoms with Gasteiger partial charge in [-0.2, -0.15) is 0 Å². The number of hydrogen-bond donors (Lipinski definition) is 1. The largest absolute Gasteiger partial charge is 0.489 e. The molecule has 302 valence electrons. The van der Waals surface area contributed by atoms with E-state index < -0.39 is 29.7 Å². The molecule has 5 aliphatic heterocycles. The van der Waals surface area contributed by atoms with Crippen LogP contribution in [0.15, 0.2) is 48.5 Å². The molecule has 1 aliphatic carbocycles.